The average molecular weight is 249 g/mol. The summed E-state index contributed by atoms with van der Waals surface area (Å²) in [6.07, 6.45) is 5.23. The molecule has 18 heavy (non-hydrogen) atoms. The highest BCUT2D eigenvalue weighted by Crippen LogP contribution is 2.43. The minimum Gasteiger partial charge on any atom is -0.476 e. The molecular weight excluding hydrogens is 226 g/mol. The van der Waals surface area contributed by atoms with Crippen LogP contribution in [-0.4, -0.2) is 18.1 Å². The number of nitrogens with one attached hydrogen (secondary N) is 1. The third-order valence-corrected chi connectivity index (χ3v) is 3.98. The van der Waals surface area contributed by atoms with Gasteiger partial charge in [0.05, 0.1) is 12.3 Å². The van der Waals surface area contributed by atoms with Crippen molar-refractivity contribution < 1.29 is 4.74 Å². The second-order valence-electron chi connectivity index (χ2n) is 5.08. The molecule has 1 heterocycles. The Morgan fingerprint density at radius 3 is 2.72 bits per heavy atom. The van der Waals surface area contributed by atoms with E-state index < -0.39 is 0 Å². The topological polar surface area (TPSA) is 60.2 Å². The van der Waals surface area contributed by atoms with Gasteiger partial charge in [-0.1, -0.05) is 13.3 Å². The molecule has 1 aliphatic carbocycles. The van der Waals surface area contributed by atoms with E-state index in [2.05, 4.69) is 17.2 Å². The van der Waals surface area contributed by atoms with Crippen LogP contribution in [0.3, 0.4) is 0 Å². The predicted octanol–water partition coefficient (Wildman–Crippen LogP) is 3.05. The number of anilines is 2. The quantitative estimate of drug-likeness (QED) is 0.813. The Morgan fingerprint density at radius 2 is 2.17 bits per heavy atom. The van der Waals surface area contributed by atoms with Gasteiger partial charge >= 0.3 is 0 Å². The van der Waals surface area contributed by atoms with Crippen LogP contribution in [0.2, 0.25) is 0 Å². The van der Waals surface area contributed by atoms with E-state index in [1.165, 1.54) is 25.7 Å². The Kier molecular flexibility index (Phi) is 3.94. The zero-order chi connectivity index (χ0) is 13.0. The number of hydrogen-bond acceptors (Lipinski definition) is 4. The molecule has 3 N–H and O–H groups in total. The van der Waals surface area contributed by atoms with Gasteiger partial charge in [0, 0.05) is 6.54 Å². The molecule has 0 saturated heterocycles. The normalized spacial score (nSPS) is 17.0. The zero-order valence-electron chi connectivity index (χ0n) is 11.3. The van der Waals surface area contributed by atoms with Gasteiger partial charge in [0.2, 0.25) is 5.88 Å². The van der Waals surface area contributed by atoms with Crippen molar-refractivity contribution in [3.05, 3.63) is 12.1 Å². The van der Waals surface area contributed by atoms with Gasteiger partial charge in [-0.05, 0) is 43.7 Å². The maximum absolute atomic E-state index is 5.81. The Morgan fingerprint density at radius 1 is 1.39 bits per heavy atom. The Balaban J connectivity index is 1.98. The molecule has 0 aliphatic heterocycles. The minimum atomic E-state index is 0.481. The molecule has 100 valence electrons. The van der Waals surface area contributed by atoms with Gasteiger partial charge in [-0.2, -0.15) is 4.98 Å². The summed E-state index contributed by atoms with van der Waals surface area (Å²) in [5, 5.41) is 3.42. The summed E-state index contributed by atoms with van der Waals surface area (Å²) >= 11 is 0. The highest BCUT2D eigenvalue weighted by molar-refractivity contribution is 5.53. The largest absolute Gasteiger partial charge is 0.476 e. The first-order chi connectivity index (χ1) is 8.69. The van der Waals surface area contributed by atoms with E-state index in [-0.39, 0.29) is 0 Å². The summed E-state index contributed by atoms with van der Waals surface area (Å²) < 4.78 is 5.40. The van der Waals surface area contributed by atoms with Gasteiger partial charge in [-0.3, -0.25) is 0 Å². The molecule has 1 aliphatic rings. The molecule has 0 spiro atoms. The highest BCUT2D eigenvalue weighted by atomic mass is 16.5. The van der Waals surface area contributed by atoms with Gasteiger partial charge < -0.3 is 15.8 Å². The second kappa shape index (κ2) is 5.46. The molecule has 4 heteroatoms. The SMILES string of the molecule is CCOc1nc(NCC2(CC)CCC2)ccc1N. The third kappa shape index (κ3) is 2.68. The Hall–Kier alpha value is -1.45. The summed E-state index contributed by atoms with van der Waals surface area (Å²) in [6, 6.07) is 3.76. The van der Waals surface area contributed by atoms with Crippen LogP contribution in [0.5, 0.6) is 5.88 Å². The van der Waals surface area contributed by atoms with E-state index in [1.54, 1.807) is 0 Å². The molecule has 1 saturated carbocycles. The number of nitrogen functional groups attached to an aromatic ring is 1. The van der Waals surface area contributed by atoms with Crippen molar-refractivity contribution in [3.8, 4) is 5.88 Å². The van der Waals surface area contributed by atoms with Crippen LogP contribution in [0, 0.1) is 5.41 Å². The zero-order valence-corrected chi connectivity index (χ0v) is 11.3. The van der Waals surface area contributed by atoms with Crippen molar-refractivity contribution in [1.29, 1.82) is 0 Å². The lowest BCUT2D eigenvalue weighted by Gasteiger charge is -2.41. The molecule has 0 radical (unpaired) electrons. The summed E-state index contributed by atoms with van der Waals surface area (Å²) in [5.41, 5.74) is 6.88. The fourth-order valence-electron chi connectivity index (χ4n) is 2.41. The first kappa shape index (κ1) is 13.0. The lowest BCUT2D eigenvalue weighted by Crippen LogP contribution is -2.36. The first-order valence-corrected chi connectivity index (χ1v) is 6.82. The molecule has 1 aromatic rings. The van der Waals surface area contributed by atoms with Crippen LogP contribution in [0.1, 0.15) is 39.5 Å². The van der Waals surface area contributed by atoms with E-state index >= 15 is 0 Å². The second-order valence-corrected chi connectivity index (χ2v) is 5.08. The summed E-state index contributed by atoms with van der Waals surface area (Å²) in [4.78, 5) is 4.40. The molecule has 4 nitrogen and oxygen atoms in total. The Labute approximate surface area is 109 Å². The van der Waals surface area contributed by atoms with Gasteiger partial charge in [0.25, 0.3) is 0 Å². The van der Waals surface area contributed by atoms with Crippen molar-refractivity contribution in [2.24, 2.45) is 5.41 Å². The monoisotopic (exact) mass is 249 g/mol. The van der Waals surface area contributed by atoms with Crippen LogP contribution in [0.25, 0.3) is 0 Å². The molecule has 0 amide bonds. The van der Waals surface area contributed by atoms with E-state index in [0.717, 1.165) is 12.4 Å². The molecule has 0 bridgehead atoms. The first-order valence-electron chi connectivity index (χ1n) is 6.82. The van der Waals surface area contributed by atoms with Crippen LogP contribution >= 0.6 is 0 Å². The molecule has 2 rings (SSSR count). The van der Waals surface area contributed by atoms with Crippen molar-refractivity contribution in [2.75, 3.05) is 24.2 Å². The fraction of sp³-hybridized carbons (Fsp3) is 0.643. The maximum atomic E-state index is 5.81. The molecular formula is C14H23N3O. The fourth-order valence-corrected chi connectivity index (χ4v) is 2.41. The van der Waals surface area contributed by atoms with Crippen LogP contribution in [0.15, 0.2) is 12.1 Å². The lowest BCUT2D eigenvalue weighted by molar-refractivity contribution is 0.145. The molecule has 1 aromatic heterocycles. The number of hydrogen-bond donors (Lipinski definition) is 2. The molecule has 1 fully saturated rings. The molecule has 0 unspecified atom stereocenters. The van der Waals surface area contributed by atoms with E-state index in [4.69, 9.17) is 10.5 Å². The van der Waals surface area contributed by atoms with Gasteiger partial charge in [0.1, 0.15) is 5.82 Å². The maximum Gasteiger partial charge on any atom is 0.239 e. The van der Waals surface area contributed by atoms with Crippen LogP contribution < -0.4 is 15.8 Å². The summed E-state index contributed by atoms with van der Waals surface area (Å²) in [5.74, 6) is 1.38. The number of aromatic nitrogens is 1. The summed E-state index contributed by atoms with van der Waals surface area (Å²) in [7, 11) is 0. The predicted molar refractivity (Wildman–Crippen MR) is 74.9 cm³/mol. The van der Waals surface area contributed by atoms with Gasteiger partial charge in [-0.15, -0.1) is 0 Å². The third-order valence-electron chi connectivity index (χ3n) is 3.98. The number of nitrogens with zero attached hydrogens (tertiary/aromatic N) is 1. The number of nitrogens with two attached hydrogens (primary N) is 1. The number of pyridine rings is 1. The van der Waals surface area contributed by atoms with E-state index in [9.17, 15) is 0 Å². The van der Waals surface area contributed by atoms with E-state index in [0.29, 0.717) is 23.6 Å². The van der Waals surface area contributed by atoms with Crippen molar-refractivity contribution >= 4 is 11.5 Å². The summed E-state index contributed by atoms with van der Waals surface area (Å²) in [6.45, 7) is 5.77. The van der Waals surface area contributed by atoms with E-state index in [1.807, 2.05) is 19.1 Å². The Bertz CT molecular complexity index is 397. The van der Waals surface area contributed by atoms with Crippen LogP contribution in [-0.2, 0) is 0 Å². The average Bonchev–Trinajstić information content (AvgIpc) is 2.32. The van der Waals surface area contributed by atoms with Crippen LogP contribution in [0.4, 0.5) is 11.5 Å². The number of rotatable bonds is 6. The van der Waals surface area contributed by atoms with Crippen molar-refractivity contribution in [3.63, 3.8) is 0 Å². The van der Waals surface area contributed by atoms with Crippen molar-refractivity contribution in [2.45, 2.75) is 39.5 Å². The van der Waals surface area contributed by atoms with Gasteiger partial charge in [0.15, 0.2) is 0 Å². The lowest BCUT2D eigenvalue weighted by atomic mass is 9.67. The number of ether oxygens (including phenoxy) is 1. The smallest absolute Gasteiger partial charge is 0.239 e. The van der Waals surface area contributed by atoms with Crippen molar-refractivity contribution in [1.82, 2.24) is 4.98 Å². The molecule has 0 atom stereocenters. The van der Waals surface area contributed by atoms with Gasteiger partial charge in [-0.25, -0.2) is 0 Å². The standard InChI is InChI=1S/C14H23N3O/c1-3-14(8-5-9-14)10-16-12-7-6-11(15)13(17-12)18-4-2/h6-7H,3-5,8-10,15H2,1-2H3,(H,16,17). The highest BCUT2D eigenvalue weighted by Gasteiger charge is 2.34. The molecule has 0 aromatic carbocycles. The minimum absolute atomic E-state index is 0.481.